The molecular weight excluding hydrogens is 228 g/mol. The van der Waals surface area contributed by atoms with Gasteiger partial charge in [-0.15, -0.1) is 0 Å². The second kappa shape index (κ2) is 5.87. The molecule has 0 spiro atoms. The molecule has 1 aliphatic rings. The van der Waals surface area contributed by atoms with Crippen LogP contribution >= 0.6 is 0 Å². The number of carbonyl (C=O) groups is 1. The normalized spacial score (nSPS) is 19.0. The van der Waals surface area contributed by atoms with Crippen molar-refractivity contribution in [3.8, 4) is 0 Å². The molecule has 1 atom stereocenters. The maximum atomic E-state index is 11.3. The van der Waals surface area contributed by atoms with Gasteiger partial charge in [-0.2, -0.15) is 0 Å². The summed E-state index contributed by atoms with van der Waals surface area (Å²) >= 11 is 0. The van der Waals surface area contributed by atoms with Gasteiger partial charge in [0, 0.05) is 37.8 Å². The van der Waals surface area contributed by atoms with Crippen LogP contribution in [0.1, 0.15) is 30.9 Å². The average molecular weight is 248 g/mol. The molecule has 0 aromatic heterocycles. The number of benzene rings is 1. The van der Waals surface area contributed by atoms with Gasteiger partial charge >= 0.3 is 0 Å². The number of aliphatic hydroxyl groups excluding tert-OH is 1. The first-order valence-corrected chi connectivity index (χ1v) is 6.45. The highest BCUT2D eigenvalue weighted by atomic mass is 16.3. The van der Waals surface area contributed by atoms with Crippen molar-refractivity contribution in [3.05, 3.63) is 29.8 Å². The smallest absolute Gasteiger partial charge is 0.221 e. The number of hydrogen-bond donors (Lipinski definition) is 2. The molecule has 98 valence electrons. The number of carbonyl (C=O) groups excluding carboxylic acids is 1. The van der Waals surface area contributed by atoms with Crippen molar-refractivity contribution in [2.24, 2.45) is 0 Å². The van der Waals surface area contributed by atoms with Crippen LogP contribution in [0.4, 0.5) is 5.69 Å². The second-order valence-electron chi connectivity index (χ2n) is 4.63. The van der Waals surface area contributed by atoms with Gasteiger partial charge < -0.3 is 15.3 Å². The molecule has 18 heavy (non-hydrogen) atoms. The van der Waals surface area contributed by atoms with Crippen LogP contribution in [-0.4, -0.2) is 31.2 Å². The largest absolute Gasteiger partial charge is 0.388 e. The van der Waals surface area contributed by atoms with E-state index in [0.29, 0.717) is 13.0 Å². The van der Waals surface area contributed by atoms with Crippen LogP contribution in [0.2, 0.25) is 0 Å². The molecule has 4 heteroatoms. The molecule has 0 radical (unpaired) electrons. The Bertz CT molecular complexity index is 420. The van der Waals surface area contributed by atoms with Crippen LogP contribution in [0.3, 0.4) is 0 Å². The molecule has 1 amide bonds. The first-order chi connectivity index (χ1) is 8.72. The average Bonchev–Trinajstić information content (AvgIpc) is 2.56. The zero-order chi connectivity index (χ0) is 13.0. The Morgan fingerprint density at radius 1 is 1.50 bits per heavy atom. The van der Waals surface area contributed by atoms with Crippen LogP contribution in [0.5, 0.6) is 0 Å². The Balaban J connectivity index is 2.15. The molecule has 1 heterocycles. The zero-order valence-corrected chi connectivity index (χ0v) is 10.7. The van der Waals surface area contributed by atoms with Gasteiger partial charge in [-0.25, -0.2) is 0 Å². The van der Waals surface area contributed by atoms with Crippen molar-refractivity contribution >= 4 is 11.6 Å². The van der Waals surface area contributed by atoms with E-state index in [4.69, 9.17) is 0 Å². The third-order valence-corrected chi connectivity index (χ3v) is 3.43. The van der Waals surface area contributed by atoms with Crippen molar-refractivity contribution < 1.29 is 9.90 Å². The fraction of sp³-hybridized carbons (Fsp3) is 0.500. The number of nitrogens with zero attached hydrogens (tertiary/aromatic N) is 1. The Kier molecular flexibility index (Phi) is 4.20. The first-order valence-electron chi connectivity index (χ1n) is 6.45. The van der Waals surface area contributed by atoms with E-state index in [1.807, 2.05) is 24.3 Å². The van der Waals surface area contributed by atoms with Gasteiger partial charge in [0.25, 0.3) is 0 Å². The summed E-state index contributed by atoms with van der Waals surface area (Å²) in [5.41, 5.74) is 2.04. The zero-order valence-electron chi connectivity index (χ0n) is 10.7. The molecule has 1 aliphatic heterocycles. The van der Waals surface area contributed by atoms with Gasteiger partial charge in [0.05, 0.1) is 6.10 Å². The summed E-state index contributed by atoms with van der Waals surface area (Å²) in [5, 5.41) is 12.7. The number of rotatable bonds is 3. The summed E-state index contributed by atoms with van der Waals surface area (Å²) in [5.74, 6) is 0.0530. The Labute approximate surface area is 108 Å². The molecule has 0 aliphatic carbocycles. The fourth-order valence-corrected chi connectivity index (χ4v) is 2.40. The summed E-state index contributed by atoms with van der Waals surface area (Å²) in [6.45, 7) is 1.59. The number of aliphatic hydroxyl groups is 1. The van der Waals surface area contributed by atoms with Crippen molar-refractivity contribution in [2.75, 3.05) is 25.0 Å². The molecule has 2 N–H and O–H groups in total. The quantitative estimate of drug-likeness (QED) is 0.851. The van der Waals surface area contributed by atoms with E-state index in [2.05, 4.69) is 10.2 Å². The second-order valence-corrected chi connectivity index (χ2v) is 4.63. The molecule has 4 nitrogen and oxygen atoms in total. The van der Waals surface area contributed by atoms with Gasteiger partial charge in [-0.1, -0.05) is 18.2 Å². The summed E-state index contributed by atoms with van der Waals surface area (Å²) in [7, 11) is 1.66. The maximum Gasteiger partial charge on any atom is 0.221 e. The van der Waals surface area contributed by atoms with E-state index in [1.54, 1.807) is 7.05 Å². The molecule has 0 bridgehead atoms. The van der Waals surface area contributed by atoms with Crippen LogP contribution in [0.25, 0.3) is 0 Å². The number of amides is 1. The maximum absolute atomic E-state index is 11.3. The highest BCUT2D eigenvalue weighted by molar-refractivity contribution is 5.76. The lowest BCUT2D eigenvalue weighted by molar-refractivity contribution is -0.120. The molecule has 2 rings (SSSR count). The predicted octanol–water partition coefficient (Wildman–Crippen LogP) is 1.46. The van der Waals surface area contributed by atoms with Crippen molar-refractivity contribution in [3.63, 3.8) is 0 Å². The van der Waals surface area contributed by atoms with Crippen molar-refractivity contribution in [2.45, 2.75) is 25.4 Å². The minimum absolute atomic E-state index is 0.0530. The van der Waals surface area contributed by atoms with Crippen LogP contribution in [-0.2, 0) is 4.79 Å². The van der Waals surface area contributed by atoms with E-state index < -0.39 is 0 Å². The summed E-state index contributed by atoms with van der Waals surface area (Å²) in [6.07, 6.45) is 1.84. The highest BCUT2D eigenvalue weighted by Crippen LogP contribution is 2.32. The SMILES string of the molecule is CNC(=O)CCN1CCCC(O)c2ccccc21. The van der Waals surface area contributed by atoms with E-state index in [1.165, 1.54) is 0 Å². The molecular formula is C14H20N2O2. The molecule has 0 saturated heterocycles. The van der Waals surface area contributed by atoms with E-state index in [0.717, 1.165) is 30.6 Å². The summed E-state index contributed by atoms with van der Waals surface area (Å²) in [4.78, 5) is 13.5. The Morgan fingerprint density at radius 2 is 2.28 bits per heavy atom. The lowest BCUT2D eigenvalue weighted by Crippen LogP contribution is -2.30. The molecule has 0 fully saturated rings. The molecule has 0 saturated carbocycles. The number of nitrogens with one attached hydrogen (secondary N) is 1. The summed E-state index contributed by atoms with van der Waals surface area (Å²) in [6, 6.07) is 7.92. The monoisotopic (exact) mass is 248 g/mol. The van der Waals surface area contributed by atoms with E-state index in [-0.39, 0.29) is 12.0 Å². The van der Waals surface area contributed by atoms with Gasteiger partial charge in [-0.3, -0.25) is 4.79 Å². The standard InChI is InChI=1S/C14H20N2O2/c1-15-14(18)8-10-16-9-4-7-13(17)11-5-2-3-6-12(11)16/h2-3,5-6,13,17H,4,7-10H2,1H3,(H,15,18). The highest BCUT2D eigenvalue weighted by Gasteiger charge is 2.20. The van der Waals surface area contributed by atoms with E-state index >= 15 is 0 Å². The van der Waals surface area contributed by atoms with Crippen LogP contribution in [0.15, 0.2) is 24.3 Å². The van der Waals surface area contributed by atoms with Gasteiger partial charge in [0.15, 0.2) is 0 Å². The summed E-state index contributed by atoms with van der Waals surface area (Å²) < 4.78 is 0. The number of anilines is 1. The predicted molar refractivity (Wildman–Crippen MR) is 71.5 cm³/mol. The number of fused-ring (bicyclic) bond motifs is 1. The third-order valence-electron chi connectivity index (χ3n) is 3.43. The third kappa shape index (κ3) is 2.82. The minimum atomic E-state index is -0.383. The molecule has 1 unspecified atom stereocenters. The fourth-order valence-electron chi connectivity index (χ4n) is 2.40. The lowest BCUT2D eigenvalue weighted by Gasteiger charge is -2.24. The first kappa shape index (κ1) is 12.9. The molecule has 1 aromatic carbocycles. The Hall–Kier alpha value is -1.55. The van der Waals surface area contributed by atoms with Crippen LogP contribution in [0, 0.1) is 0 Å². The number of hydrogen-bond acceptors (Lipinski definition) is 3. The minimum Gasteiger partial charge on any atom is -0.388 e. The lowest BCUT2D eigenvalue weighted by atomic mass is 10.0. The van der Waals surface area contributed by atoms with Gasteiger partial charge in [-0.05, 0) is 18.9 Å². The Morgan fingerprint density at radius 3 is 3.06 bits per heavy atom. The van der Waals surface area contributed by atoms with Gasteiger partial charge in [0.2, 0.25) is 5.91 Å². The van der Waals surface area contributed by atoms with Crippen molar-refractivity contribution in [1.29, 1.82) is 0 Å². The van der Waals surface area contributed by atoms with Crippen LogP contribution < -0.4 is 10.2 Å². The van der Waals surface area contributed by atoms with E-state index in [9.17, 15) is 9.90 Å². The van der Waals surface area contributed by atoms with Crippen molar-refractivity contribution in [1.82, 2.24) is 5.32 Å². The number of para-hydroxylation sites is 1. The topological polar surface area (TPSA) is 52.6 Å². The van der Waals surface area contributed by atoms with Gasteiger partial charge in [0.1, 0.15) is 0 Å². The molecule has 1 aromatic rings.